The van der Waals surface area contributed by atoms with Gasteiger partial charge in [-0.1, -0.05) is 30.3 Å². The molecule has 31 heavy (non-hydrogen) atoms. The first-order valence-corrected chi connectivity index (χ1v) is 10.3. The maximum absolute atomic E-state index is 13.1. The molecule has 1 saturated heterocycles. The third-order valence-electron chi connectivity index (χ3n) is 5.29. The average Bonchev–Trinajstić information content (AvgIpc) is 3.51. The molecule has 8 nitrogen and oxygen atoms in total. The summed E-state index contributed by atoms with van der Waals surface area (Å²) >= 11 is 0. The van der Waals surface area contributed by atoms with Crippen LogP contribution in [-0.4, -0.2) is 47.4 Å². The highest BCUT2D eigenvalue weighted by molar-refractivity contribution is 5.87. The zero-order chi connectivity index (χ0) is 21.5. The van der Waals surface area contributed by atoms with Crippen LogP contribution in [0.2, 0.25) is 0 Å². The third-order valence-corrected chi connectivity index (χ3v) is 5.29. The van der Waals surface area contributed by atoms with E-state index in [1.165, 1.54) is 0 Å². The van der Waals surface area contributed by atoms with Gasteiger partial charge in [0.25, 0.3) is 0 Å². The minimum atomic E-state index is -0.607. The molecule has 0 spiro atoms. The Morgan fingerprint density at radius 1 is 0.871 bits per heavy atom. The number of nitrogens with zero attached hydrogens (tertiary/aromatic N) is 2. The molecule has 2 N–H and O–H groups in total. The fraction of sp³-hybridized carbons (Fsp3) is 0.304. The summed E-state index contributed by atoms with van der Waals surface area (Å²) in [6.07, 6.45) is 3.20. The van der Waals surface area contributed by atoms with E-state index in [-0.39, 0.29) is 18.5 Å². The quantitative estimate of drug-likeness (QED) is 0.611. The first-order valence-electron chi connectivity index (χ1n) is 10.3. The molecule has 1 atom stereocenters. The van der Waals surface area contributed by atoms with Crippen LogP contribution in [0.4, 0.5) is 4.79 Å². The number of furan rings is 2. The van der Waals surface area contributed by atoms with E-state index >= 15 is 0 Å². The largest absolute Gasteiger partial charge is 0.468 e. The predicted octanol–water partition coefficient (Wildman–Crippen LogP) is 2.59. The zero-order valence-corrected chi connectivity index (χ0v) is 17.2. The predicted molar refractivity (Wildman–Crippen MR) is 114 cm³/mol. The van der Waals surface area contributed by atoms with E-state index in [0.29, 0.717) is 38.5 Å². The summed E-state index contributed by atoms with van der Waals surface area (Å²) < 4.78 is 10.7. The standard InChI is InChI=1S/C23H26N4O4/c28-22(24-14-18-6-2-1-3-7-18)21-17-26(16-20-9-5-13-31-20)10-11-27(21)23(29)25-15-19-8-4-12-30-19/h1-9,12-13,21H,10-11,14-17H2,(H,24,28)(H,25,29). The van der Waals surface area contributed by atoms with E-state index in [9.17, 15) is 9.59 Å². The molecule has 162 valence electrons. The van der Waals surface area contributed by atoms with Crippen molar-refractivity contribution in [2.24, 2.45) is 0 Å². The van der Waals surface area contributed by atoms with Gasteiger partial charge in [0.05, 0.1) is 25.6 Å². The Hall–Kier alpha value is -3.52. The van der Waals surface area contributed by atoms with Gasteiger partial charge >= 0.3 is 6.03 Å². The summed E-state index contributed by atoms with van der Waals surface area (Å²) in [6.45, 7) is 2.80. The van der Waals surface area contributed by atoms with Crippen LogP contribution in [0.25, 0.3) is 0 Å². The Morgan fingerprint density at radius 2 is 1.61 bits per heavy atom. The molecule has 4 rings (SSSR count). The van der Waals surface area contributed by atoms with Crippen molar-refractivity contribution in [1.29, 1.82) is 0 Å². The fourth-order valence-electron chi connectivity index (χ4n) is 3.65. The Bertz CT molecular complexity index is 957. The minimum absolute atomic E-state index is 0.179. The molecule has 8 heteroatoms. The van der Waals surface area contributed by atoms with Crippen LogP contribution in [0.1, 0.15) is 17.1 Å². The molecule has 1 aliphatic rings. The molecule has 1 fully saturated rings. The van der Waals surface area contributed by atoms with E-state index in [1.54, 1.807) is 29.6 Å². The van der Waals surface area contributed by atoms with Gasteiger partial charge in [0.15, 0.2) is 0 Å². The maximum Gasteiger partial charge on any atom is 0.318 e. The maximum atomic E-state index is 13.1. The van der Waals surface area contributed by atoms with Crippen LogP contribution in [0.5, 0.6) is 0 Å². The molecule has 1 unspecified atom stereocenters. The Labute approximate surface area is 180 Å². The minimum Gasteiger partial charge on any atom is -0.468 e. The highest BCUT2D eigenvalue weighted by Crippen LogP contribution is 2.15. The van der Waals surface area contributed by atoms with Crippen LogP contribution in [-0.2, 0) is 24.4 Å². The van der Waals surface area contributed by atoms with Crippen LogP contribution in [0.3, 0.4) is 0 Å². The van der Waals surface area contributed by atoms with E-state index in [0.717, 1.165) is 11.3 Å². The summed E-state index contributed by atoms with van der Waals surface area (Å²) in [7, 11) is 0. The molecule has 3 aromatic rings. The summed E-state index contributed by atoms with van der Waals surface area (Å²) in [5.41, 5.74) is 1.01. The van der Waals surface area contributed by atoms with E-state index < -0.39 is 6.04 Å². The number of carbonyl (C=O) groups excluding carboxylic acids is 2. The second-order valence-electron chi connectivity index (χ2n) is 7.47. The monoisotopic (exact) mass is 422 g/mol. The van der Waals surface area contributed by atoms with Crippen molar-refractivity contribution in [3.8, 4) is 0 Å². The number of hydrogen-bond donors (Lipinski definition) is 2. The molecule has 0 radical (unpaired) electrons. The van der Waals surface area contributed by atoms with Crippen molar-refractivity contribution in [2.45, 2.75) is 25.7 Å². The molecule has 3 amide bonds. The molecule has 2 aromatic heterocycles. The Kier molecular flexibility index (Phi) is 6.68. The lowest BCUT2D eigenvalue weighted by atomic mass is 10.1. The van der Waals surface area contributed by atoms with Crippen LogP contribution in [0, 0.1) is 0 Å². The molecule has 1 aromatic carbocycles. The second-order valence-corrected chi connectivity index (χ2v) is 7.47. The van der Waals surface area contributed by atoms with E-state index in [2.05, 4.69) is 15.5 Å². The number of piperazine rings is 1. The van der Waals surface area contributed by atoms with Gasteiger partial charge in [-0.05, 0) is 29.8 Å². The molecule has 0 saturated carbocycles. The van der Waals surface area contributed by atoms with Gasteiger partial charge in [0.2, 0.25) is 5.91 Å². The van der Waals surface area contributed by atoms with Crippen molar-refractivity contribution in [2.75, 3.05) is 19.6 Å². The lowest BCUT2D eigenvalue weighted by molar-refractivity contribution is -0.127. The van der Waals surface area contributed by atoms with Crippen molar-refractivity contribution < 1.29 is 18.4 Å². The number of urea groups is 1. The molecular weight excluding hydrogens is 396 g/mol. The van der Waals surface area contributed by atoms with Gasteiger partial charge in [-0.2, -0.15) is 0 Å². The lowest BCUT2D eigenvalue weighted by Crippen LogP contribution is -2.62. The number of hydrogen-bond acceptors (Lipinski definition) is 5. The van der Waals surface area contributed by atoms with Crippen LogP contribution < -0.4 is 10.6 Å². The van der Waals surface area contributed by atoms with Crippen LogP contribution >= 0.6 is 0 Å². The van der Waals surface area contributed by atoms with Crippen molar-refractivity contribution >= 4 is 11.9 Å². The molecular formula is C23H26N4O4. The first kappa shape index (κ1) is 20.7. The van der Waals surface area contributed by atoms with E-state index in [4.69, 9.17) is 8.83 Å². The molecule has 3 heterocycles. The fourth-order valence-corrected chi connectivity index (χ4v) is 3.65. The summed E-state index contributed by atoms with van der Waals surface area (Å²) in [5.74, 6) is 1.31. The van der Waals surface area contributed by atoms with Gasteiger partial charge in [-0.3, -0.25) is 9.69 Å². The number of rotatable bonds is 7. The lowest BCUT2D eigenvalue weighted by Gasteiger charge is -2.40. The third kappa shape index (κ3) is 5.55. The summed E-state index contributed by atoms with van der Waals surface area (Å²) in [6, 6.07) is 16.1. The van der Waals surface area contributed by atoms with Crippen molar-refractivity contribution in [3.05, 3.63) is 84.2 Å². The average molecular weight is 422 g/mol. The van der Waals surface area contributed by atoms with Crippen molar-refractivity contribution in [1.82, 2.24) is 20.4 Å². The summed E-state index contributed by atoms with van der Waals surface area (Å²) in [4.78, 5) is 29.7. The number of benzene rings is 1. The Balaban J connectivity index is 1.41. The smallest absolute Gasteiger partial charge is 0.318 e. The Morgan fingerprint density at radius 3 is 2.32 bits per heavy atom. The number of nitrogens with one attached hydrogen (secondary N) is 2. The van der Waals surface area contributed by atoms with Gasteiger partial charge in [-0.15, -0.1) is 0 Å². The van der Waals surface area contributed by atoms with Crippen LogP contribution in [0.15, 0.2) is 76.0 Å². The normalized spacial score (nSPS) is 16.8. The van der Waals surface area contributed by atoms with Gasteiger partial charge in [0.1, 0.15) is 17.6 Å². The summed E-state index contributed by atoms with van der Waals surface area (Å²) in [5, 5.41) is 5.82. The molecule has 0 bridgehead atoms. The number of carbonyl (C=O) groups is 2. The second kappa shape index (κ2) is 9.99. The topological polar surface area (TPSA) is 91.0 Å². The zero-order valence-electron chi connectivity index (χ0n) is 17.2. The SMILES string of the molecule is O=C(NCc1ccccc1)C1CN(Cc2ccco2)CCN1C(=O)NCc1ccco1. The molecule has 0 aliphatic carbocycles. The van der Waals surface area contributed by atoms with E-state index in [1.807, 2.05) is 42.5 Å². The first-order chi connectivity index (χ1) is 15.2. The molecule has 1 aliphatic heterocycles. The van der Waals surface area contributed by atoms with Crippen molar-refractivity contribution in [3.63, 3.8) is 0 Å². The van der Waals surface area contributed by atoms with Gasteiger partial charge in [-0.25, -0.2) is 4.79 Å². The number of amides is 3. The van der Waals surface area contributed by atoms with Gasteiger partial charge < -0.3 is 24.4 Å². The van der Waals surface area contributed by atoms with Gasteiger partial charge in [0, 0.05) is 26.2 Å². The highest BCUT2D eigenvalue weighted by atomic mass is 16.3. The highest BCUT2D eigenvalue weighted by Gasteiger charge is 2.35.